The van der Waals surface area contributed by atoms with Crippen molar-refractivity contribution in [2.75, 3.05) is 26.3 Å². The first-order valence-electron chi connectivity index (χ1n) is 9.29. The zero-order valence-corrected chi connectivity index (χ0v) is 18.9. The average molecular weight is 516 g/mol. The molecular weight excluding hydrogens is 487 g/mol. The van der Waals surface area contributed by atoms with Crippen LogP contribution in [0.15, 0.2) is 52.1 Å². The molecule has 0 aliphatic carbocycles. The number of nitrogens with two attached hydrogens (primary N) is 1. The normalized spacial score (nSPS) is 10.9. The van der Waals surface area contributed by atoms with E-state index in [1.807, 2.05) is 37.3 Å². The highest BCUT2D eigenvalue weighted by molar-refractivity contribution is 14.0. The molecule has 4 N–H and O–H groups in total. The van der Waals surface area contributed by atoms with Crippen molar-refractivity contribution >= 4 is 35.8 Å². The molecule has 0 saturated heterocycles. The van der Waals surface area contributed by atoms with E-state index in [9.17, 15) is 4.79 Å². The molecule has 1 heterocycles. The molecule has 0 spiro atoms. The van der Waals surface area contributed by atoms with Gasteiger partial charge in [-0.05, 0) is 43.2 Å². The molecule has 0 atom stereocenters. The summed E-state index contributed by atoms with van der Waals surface area (Å²) in [4.78, 5) is 15.4. The number of nitrogens with one attached hydrogen (secondary N) is 2. The Kier molecular flexibility index (Phi) is 12.5. The largest absolute Gasteiger partial charge is 0.484 e. The van der Waals surface area contributed by atoms with Gasteiger partial charge in [0.25, 0.3) is 5.91 Å². The zero-order chi connectivity index (χ0) is 20.0. The second-order valence-electron chi connectivity index (χ2n) is 6.01. The van der Waals surface area contributed by atoms with Crippen LogP contribution in [0.2, 0.25) is 0 Å². The first kappa shape index (κ1) is 24.8. The summed E-state index contributed by atoms with van der Waals surface area (Å²) in [6, 6.07) is 11.2. The number of aliphatic imine (C=N–C) groups is 1. The lowest BCUT2D eigenvalue weighted by Crippen LogP contribution is -2.38. The van der Waals surface area contributed by atoms with Crippen LogP contribution in [0, 0.1) is 0 Å². The van der Waals surface area contributed by atoms with Crippen molar-refractivity contribution in [1.82, 2.24) is 10.6 Å². The smallest absolute Gasteiger partial charge is 0.255 e. The van der Waals surface area contributed by atoms with Crippen LogP contribution in [0.1, 0.15) is 24.7 Å². The molecular formula is C20H29IN4O4. The molecule has 2 rings (SSSR count). The number of hydrogen-bond acceptors (Lipinski definition) is 5. The highest BCUT2D eigenvalue weighted by Gasteiger charge is 2.01. The first-order chi connectivity index (χ1) is 13.7. The van der Waals surface area contributed by atoms with Gasteiger partial charge < -0.3 is 30.3 Å². The molecule has 0 aliphatic heterocycles. The topological polar surface area (TPSA) is 111 Å². The number of furan rings is 1. The molecule has 1 aromatic carbocycles. The van der Waals surface area contributed by atoms with Gasteiger partial charge in [0, 0.05) is 19.7 Å². The number of carbonyl (C=O) groups excluding carboxylic acids is 1. The highest BCUT2D eigenvalue weighted by Crippen LogP contribution is 2.14. The van der Waals surface area contributed by atoms with E-state index in [0.29, 0.717) is 25.5 Å². The lowest BCUT2D eigenvalue weighted by atomic mass is 10.2. The second kappa shape index (κ2) is 14.7. The Hall–Kier alpha value is -2.27. The van der Waals surface area contributed by atoms with E-state index in [1.165, 1.54) is 0 Å². The van der Waals surface area contributed by atoms with Crippen molar-refractivity contribution < 1.29 is 18.7 Å². The molecule has 29 heavy (non-hydrogen) atoms. The molecule has 0 fully saturated rings. The number of nitrogens with zero attached hydrogens (tertiary/aromatic N) is 1. The van der Waals surface area contributed by atoms with Crippen molar-refractivity contribution in [1.29, 1.82) is 0 Å². The van der Waals surface area contributed by atoms with Gasteiger partial charge in [0.15, 0.2) is 12.6 Å². The molecule has 160 valence electrons. The summed E-state index contributed by atoms with van der Waals surface area (Å²) in [5.74, 6) is 1.65. The Morgan fingerprint density at radius 2 is 2.10 bits per heavy atom. The fourth-order valence-electron chi connectivity index (χ4n) is 2.35. The van der Waals surface area contributed by atoms with Crippen molar-refractivity contribution in [2.45, 2.75) is 26.5 Å². The number of ether oxygens (including phenoxy) is 2. The van der Waals surface area contributed by atoms with Crippen LogP contribution < -0.4 is 21.1 Å². The summed E-state index contributed by atoms with van der Waals surface area (Å²) in [6.07, 6.45) is 2.49. The maximum atomic E-state index is 10.8. The SMILES string of the molecule is CCNC(=NCc1cccc(OCC(N)=O)c1)NCCCOCc1ccco1.I. The average Bonchev–Trinajstić information content (AvgIpc) is 3.21. The maximum Gasteiger partial charge on any atom is 0.255 e. The third-order valence-corrected chi connectivity index (χ3v) is 3.63. The fourth-order valence-corrected chi connectivity index (χ4v) is 2.35. The summed E-state index contributed by atoms with van der Waals surface area (Å²) in [7, 11) is 0. The van der Waals surface area contributed by atoms with Gasteiger partial charge in [-0.1, -0.05) is 12.1 Å². The number of hydrogen-bond donors (Lipinski definition) is 3. The maximum absolute atomic E-state index is 10.8. The molecule has 1 aromatic heterocycles. The molecule has 1 amide bonds. The van der Waals surface area contributed by atoms with Crippen molar-refractivity contribution in [3.05, 3.63) is 54.0 Å². The summed E-state index contributed by atoms with van der Waals surface area (Å²) in [5, 5.41) is 6.49. The third kappa shape index (κ3) is 10.7. The Labute approximate surface area is 188 Å². The van der Waals surface area contributed by atoms with Gasteiger partial charge in [-0.2, -0.15) is 0 Å². The third-order valence-electron chi connectivity index (χ3n) is 3.63. The minimum Gasteiger partial charge on any atom is -0.484 e. The Morgan fingerprint density at radius 3 is 2.83 bits per heavy atom. The number of carbonyl (C=O) groups is 1. The van der Waals surface area contributed by atoms with Crippen molar-refractivity contribution in [2.24, 2.45) is 10.7 Å². The van der Waals surface area contributed by atoms with E-state index in [4.69, 9.17) is 19.6 Å². The number of benzene rings is 1. The highest BCUT2D eigenvalue weighted by atomic mass is 127. The Balaban J connectivity index is 0.00000420. The van der Waals surface area contributed by atoms with Gasteiger partial charge >= 0.3 is 0 Å². The van der Waals surface area contributed by atoms with Gasteiger partial charge in [0.05, 0.1) is 12.8 Å². The fraction of sp³-hybridized carbons (Fsp3) is 0.400. The van der Waals surface area contributed by atoms with Crippen LogP contribution in [-0.2, 0) is 22.7 Å². The molecule has 0 bridgehead atoms. The van der Waals surface area contributed by atoms with Crippen LogP contribution in [-0.4, -0.2) is 38.2 Å². The molecule has 2 aromatic rings. The molecule has 0 saturated carbocycles. The quantitative estimate of drug-likeness (QED) is 0.173. The number of amides is 1. The monoisotopic (exact) mass is 516 g/mol. The Bertz CT molecular complexity index is 738. The van der Waals surface area contributed by atoms with Gasteiger partial charge in [-0.15, -0.1) is 24.0 Å². The van der Waals surface area contributed by atoms with Crippen LogP contribution in [0.5, 0.6) is 5.75 Å². The number of halogens is 1. The second-order valence-corrected chi connectivity index (χ2v) is 6.01. The lowest BCUT2D eigenvalue weighted by Gasteiger charge is -2.11. The number of rotatable bonds is 12. The minimum atomic E-state index is -0.504. The number of guanidine groups is 1. The van der Waals surface area contributed by atoms with Crippen molar-refractivity contribution in [3.63, 3.8) is 0 Å². The summed E-state index contributed by atoms with van der Waals surface area (Å²) in [6.45, 7) is 4.98. The zero-order valence-electron chi connectivity index (χ0n) is 16.6. The van der Waals surface area contributed by atoms with Gasteiger partial charge in [-0.3, -0.25) is 4.79 Å². The summed E-state index contributed by atoms with van der Waals surface area (Å²) in [5.41, 5.74) is 6.07. The predicted molar refractivity (Wildman–Crippen MR) is 122 cm³/mol. The minimum absolute atomic E-state index is 0. The standard InChI is InChI=1S/C20H28N4O4.HI/c1-2-22-20(23-9-5-10-26-14-18-8-4-11-27-18)24-13-16-6-3-7-17(12-16)28-15-19(21)25;/h3-4,6-8,11-12H,2,5,9-10,13-15H2,1H3,(H2,21,25)(H2,22,23,24);1H. The van der Waals surface area contributed by atoms with E-state index < -0.39 is 5.91 Å². The van der Waals surface area contributed by atoms with E-state index in [1.54, 1.807) is 12.3 Å². The lowest BCUT2D eigenvalue weighted by molar-refractivity contribution is -0.119. The molecule has 0 radical (unpaired) electrons. The summed E-state index contributed by atoms with van der Waals surface area (Å²) >= 11 is 0. The van der Waals surface area contributed by atoms with Crippen molar-refractivity contribution in [3.8, 4) is 5.75 Å². The molecule has 8 nitrogen and oxygen atoms in total. The van der Waals surface area contributed by atoms with Crippen LogP contribution in [0.3, 0.4) is 0 Å². The van der Waals surface area contributed by atoms with Crippen LogP contribution in [0.4, 0.5) is 0 Å². The Morgan fingerprint density at radius 1 is 1.24 bits per heavy atom. The van der Waals surface area contributed by atoms with Gasteiger partial charge in [0.1, 0.15) is 18.1 Å². The molecule has 0 aliphatic rings. The van der Waals surface area contributed by atoms with Gasteiger partial charge in [0.2, 0.25) is 0 Å². The first-order valence-corrected chi connectivity index (χ1v) is 9.29. The van der Waals surface area contributed by atoms with E-state index in [2.05, 4.69) is 15.6 Å². The molecule has 9 heteroatoms. The number of primary amides is 1. The van der Waals surface area contributed by atoms with E-state index in [0.717, 1.165) is 36.8 Å². The van der Waals surface area contributed by atoms with E-state index in [-0.39, 0.29) is 30.6 Å². The van der Waals surface area contributed by atoms with Crippen LogP contribution in [0.25, 0.3) is 0 Å². The molecule has 0 unspecified atom stereocenters. The summed E-state index contributed by atoms with van der Waals surface area (Å²) < 4.78 is 16.1. The van der Waals surface area contributed by atoms with Gasteiger partial charge in [-0.25, -0.2) is 4.99 Å². The van der Waals surface area contributed by atoms with E-state index >= 15 is 0 Å². The predicted octanol–water partition coefficient (Wildman–Crippen LogP) is 2.42. The van der Waals surface area contributed by atoms with Crippen LogP contribution >= 0.6 is 24.0 Å².